The first-order valence-corrected chi connectivity index (χ1v) is 5.91. The van der Waals surface area contributed by atoms with Crippen molar-refractivity contribution in [2.24, 2.45) is 0 Å². The Morgan fingerprint density at radius 2 is 2.05 bits per heavy atom. The van der Waals surface area contributed by atoms with E-state index in [4.69, 9.17) is 0 Å². The lowest BCUT2D eigenvalue weighted by Gasteiger charge is -2.21. The molecule has 0 aliphatic carbocycles. The molecule has 1 fully saturated rings. The van der Waals surface area contributed by atoms with Gasteiger partial charge in [-0.15, -0.1) is 0 Å². The van der Waals surface area contributed by atoms with Crippen molar-refractivity contribution in [1.29, 1.82) is 0 Å². The molecule has 7 heteroatoms. The van der Waals surface area contributed by atoms with E-state index in [1.54, 1.807) is 16.8 Å². The molecule has 0 spiro atoms. The van der Waals surface area contributed by atoms with Crippen LogP contribution >= 0.6 is 0 Å². The zero-order valence-corrected chi connectivity index (χ0v) is 10.5. The van der Waals surface area contributed by atoms with E-state index >= 15 is 0 Å². The lowest BCUT2D eigenvalue weighted by atomic mass is 10.2. The summed E-state index contributed by atoms with van der Waals surface area (Å²) < 4.78 is 13.4. The second-order valence-electron chi connectivity index (χ2n) is 4.52. The second-order valence-corrected chi connectivity index (χ2v) is 4.52. The molecule has 6 nitrogen and oxygen atoms in total. The Kier molecular flexibility index (Phi) is 3.64. The van der Waals surface area contributed by atoms with E-state index in [-0.39, 0.29) is 18.1 Å². The molecule has 0 bridgehead atoms. The number of nitrogens with zero attached hydrogens (tertiary/aromatic N) is 3. The van der Waals surface area contributed by atoms with E-state index < -0.39 is 10.7 Å². The van der Waals surface area contributed by atoms with Crippen LogP contribution in [0.15, 0.2) is 18.2 Å². The Morgan fingerprint density at radius 3 is 2.74 bits per heavy atom. The topological polar surface area (TPSA) is 66.7 Å². The number of halogens is 1. The van der Waals surface area contributed by atoms with Gasteiger partial charge in [-0.25, -0.2) is 4.39 Å². The molecule has 0 unspecified atom stereocenters. The molecule has 0 aromatic heterocycles. The summed E-state index contributed by atoms with van der Waals surface area (Å²) in [7, 11) is 1.71. The first kappa shape index (κ1) is 13.3. The maximum Gasteiger partial charge on any atom is 0.274 e. The number of hydrogen-bond acceptors (Lipinski definition) is 4. The maximum atomic E-state index is 13.4. The number of carbonyl (C=O) groups excluding carboxylic acids is 1. The molecule has 1 aliphatic rings. The monoisotopic (exact) mass is 267 g/mol. The van der Waals surface area contributed by atoms with Crippen molar-refractivity contribution >= 4 is 17.3 Å². The number of likely N-dealkylation sites (N-methyl/N-ethyl adjacent to an activating group) is 1. The van der Waals surface area contributed by atoms with Crippen LogP contribution in [0.5, 0.6) is 0 Å². The number of carbonyl (C=O) groups is 1. The number of nitro benzene ring substituents is 1. The predicted octanol–water partition coefficient (Wildman–Crippen LogP) is 1.40. The molecular formula is C12H14FN3O3. The van der Waals surface area contributed by atoms with Gasteiger partial charge in [-0.3, -0.25) is 14.9 Å². The van der Waals surface area contributed by atoms with Crippen LogP contribution < -0.4 is 4.90 Å². The summed E-state index contributed by atoms with van der Waals surface area (Å²) >= 11 is 0. The van der Waals surface area contributed by atoms with E-state index in [1.165, 1.54) is 12.1 Å². The molecule has 1 aromatic rings. The largest absolute Gasteiger partial charge is 0.362 e. The van der Waals surface area contributed by atoms with E-state index in [9.17, 15) is 19.3 Å². The van der Waals surface area contributed by atoms with Gasteiger partial charge in [0.1, 0.15) is 5.82 Å². The van der Waals surface area contributed by atoms with Gasteiger partial charge in [0.15, 0.2) is 0 Å². The highest BCUT2D eigenvalue weighted by atomic mass is 19.1. The Labute approximate surface area is 109 Å². The van der Waals surface area contributed by atoms with Crippen LogP contribution in [0.2, 0.25) is 0 Å². The van der Waals surface area contributed by atoms with Gasteiger partial charge >= 0.3 is 0 Å². The van der Waals surface area contributed by atoms with Gasteiger partial charge < -0.3 is 9.80 Å². The van der Waals surface area contributed by atoms with E-state index in [2.05, 4.69) is 0 Å². The number of rotatable bonds is 2. The third-order valence-electron chi connectivity index (χ3n) is 3.12. The van der Waals surface area contributed by atoms with Crippen molar-refractivity contribution in [2.75, 3.05) is 31.6 Å². The van der Waals surface area contributed by atoms with Crippen LogP contribution in [0.25, 0.3) is 0 Å². The third kappa shape index (κ3) is 2.98. The highest BCUT2D eigenvalue weighted by Gasteiger charge is 2.21. The van der Waals surface area contributed by atoms with Gasteiger partial charge in [-0.2, -0.15) is 0 Å². The lowest BCUT2D eigenvalue weighted by molar-refractivity contribution is -0.385. The summed E-state index contributed by atoms with van der Waals surface area (Å²) in [5.41, 5.74) is 0.0652. The number of anilines is 1. The highest BCUT2D eigenvalue weighted by molar-refractivity contribution is 5.81. The van der Waals surface area contributed by atoms with E-state index in [1.807, 2.05) is 0 Å². The normalized spacial score (nSPS) is 16.4. The van der Waals surface area contributed by atoms with Crippen LogP contribution in [-0.2, 0) is 4.79 Å². The van der Waals surface area contributed by atoms with Crippen LogP contribution in [0.1, 0.15) is 6.42 Å². The summed E-state index contributed by atoms with van der Waals surface area (Å²) in [6.45, 7) is 1.31. The molecule has 19 heavy (non-hydrogen) atoms. The molecule has 1 amide bonds. The summed E-state index contributed by atoms with van der Waals surface area (Å²) in [5, 5.41) is 10.7. The standard InChI is InChI=1S/C12H14FN3O3/c1-14-3-2-4-15(8-12(14)17)10-5-9(13)6-11(7-10)16(18)19/h5-7H,2-4,8H2,1H3. The van der Waals surface area contributed by atoms with Crippen molar-refractivity contribution in [3.8, 4) is 0 Å². The quantitative estimate of drug-likeness (QED) is 0.600. The van der Waals surface area contributed by atoms with Crippen molar-refractivity contribution < 1.29 is 14.1 Å². The SMILES string of the molecule is CN1CCCN(c2cc(F)cc([N+](=O)[O-])c2)CC1=O. The first-order valence-electron chi connectivity index (χ1n) is 5.91. The average Bonchev–Trinajstić information content (AvgIpc) is 2.51. The fourth-order valence-electron chi connectivity index (χ4n) is 2.05. The molecule has 0 atom stereocenters. The molecule has 1 aromatic carbocycles. The number of amides is 1. The Balaban J connectivity index is 2.30. The van der Waals surface area contributed by atoms with Gasteiger partial charge in [0.05, 0.1) is 17.5 Å². The maximum absolute atomic E-state index is 13.4. The van der Waals surface area contributed by atoms with Gasteiger partial charge in [0, 0.05) is 31.9 Å². The Morgan fingerprint density at radius 1 is 1.32 bits per heavy atom. The highest BCUT2D eigenvalue weighted by Crippen LogP contribution is 2.24. The Hall–Kier alpha value is -2.18. The van der Waals surface area contributed by atoms with Gasteiger partial charge in [0.2, 0.25) is 5.91 Å². The van der Waals surface area contributed by atoms with Crippen LogP contribution in [-0.4, -0.2) is 42.4 Å². The van der Waals surface area contributed by atoms with Crippen molar-refractivity contribution in [3.05, 3.63) is 34.1 Å². The minimum absolute atomic E-state index is 0.0792. The van der Waals surface area contributed by atoms with Crippen molar-refractivity contribution in [3.63, 3.8) is 0 Å². The van der Waals surface area contributed by atoms with Gasteiger partial charge in [-0.05, 0) is 12.5 Å². The van der Waals surface area contributed by atoms with Crippen molar-refractivity contribution in [2.45, 2.75) is 6.42 Å². The van der Waals surface area contributed by atoms with Crippen LogP contribution in [0, 0.1) is 15.9 Å². The first-order chi connectivity index (χ1) is 8.97. The molecule has 0 radical (unpaired) electrons. The number of non-ortho nitro benzene ring substituents is 1. The van der Waals surface area contributed by atoms with Gasteiger partial charge in [0.25, 0.3) is 5.69 Å². The minimum atomic E-state index is -0.672. The molecule has 1 saturated heterocycles. The molecule has 0 N–H and O–H groups in total. The number of benzene rings is 1. The summed E-state index contributed by atoms with van der Waals surface area (Å²) in [6, 6.07) is 3.38. The molecule has 1 heterocycles. The lowest BCUT2D eigenvalue weighted by Crippen LogP contribution is -2.34. The molecular weight excluding hydrogens is 253 g/mol. The van der Waals surface area contributed by atoms with E-state index in [0.717, 1.165) is 12.5 Å². The predicted molar refractivity (Wildman–Crippen MR) is 67.5 cm³/mol. The number of hydrogen-bond donors (Lipinski definition) is 0. The second kappa shape index (κ2) is 5.21. The summed E-state index contributed by atoms with van der Waals surface area (Å²) in [6.07, 6.45) is 0.743. The molecule has 102 valence electrons. The van der Waals surface area contributed by atoms with Crippen LogP contribution in [0.4, 0.5) is 15.8 Å². The fraction of sp³-hybridized carbons (Fsp3) is 0.417. The van der Waals surface area contributed by atoms with Crippen molar-refractivity contribution in [1.82, 2.24) is 4.90 Å². The van der Waals surface area contributed by atoms with Gasteiger partial charge in [-0.1, -0.05) is 0 Å². The zero-order valence-electron chi connectivity index (χ0n) is 10.5. The molecule has 0 saturated carbocycles. The molecule has 2 rings (SSSR count). The Bertz CT molecular complexity index is 521. The third-order valence-corrected chi connectivity index (χ3v) is 3.12. The average molecular weight is 267 g/mol. The minimum Gasteiger partial charge on any atom is -0.362 e. The number of nitro groups is 1. The smallest absolute Gasteiger partial charge is 0.274 e. The summed E-state index contributed by atoms with van der Waals surface area (Å²) in [4.78, 5) is 25.1. The van der Waals surface area contributed by atoms with Crippen LogP contribution in [0.3, 0.4) is 0 Å². The van der Waals surface area contributed by atoms with E-state index in [0.29, 0.717) is 18.8 Å². The molecule has 1 aliphatic heterocycles. The fourth-order valence-corrected chi connectivity index (χ4v) is 2.05. The zero-order chi connectivity index (χ0) is 14.0. The summed E-state index contributed by atoms with van der Waals surface area (Å²) in [5.74, 6) is -0.751.